The summed E-state index contributed by atoms with van der Waals surface area (Å²) in [6, 6.07) is 5.99. The summed E-state index contributed by atoms with van der Waals surface area (Å²) < 4.78 is 6.15. The van der Waals surface area contributed by atoms with Crippen LogP contribution in [0.2, 0.25) is 5.02 Å². The molecule has 0 aromatic heterocycles. The normalized spacial score (nSPS) is 13.0. The molecule has 5 heteroatoms. The van der Waals surface area contributed by atoms with Crippen LogP contribution in [0.5, 0.6) is 0 Å². The van der Waals surface area contributed by atoms with Crippen molar-refractivity contribution in [2.24, 2.45) is 5.73 Å². The first kappa shape index (κ1) is 15.9. The summed E-state index contributed by atoms with van der Waals surface area (Å²) >= 11 is 9.75. The molecular formula is C13H20BrClN2O. The molecule has 18 heavy (non-hydrogen) atoms. The number of nitrogens with zero attached hydrogens (tertiary/aromatic N) is 1. The van der Waals surface area contributed by atoms with Crippen molar-refractivity contribution in [3.05, 3.63) is 33.3 Å². The lowest BCUT2D eigenvalue weighted by Gasteiger charge is -2.30. The van der Waals surface area contributed by atoms with Gasteiger partial charge in [0.05, 0.1) is 6.61 Å². The molecule has 0 bridgehead atoms. The van der Waals surface area contributed by atoms with Crippen molar-refractivity contribution in [3.8, 4) is 0 Å². The second kappa shape index (κ2) is 8.12. The lowest BCUT2D eigenvalue weighted by molar-refractivity contribution is 0.125. The maximum Gasteiger partial charge on any atom is 0.0589 e. The first-order valence-electron chi connectivity index (χ1n) is 6.02. The van der Waals surface area contributed by atoms with E-state index in [0.717, 1.165) is 28.1 Å². The molecule has 3 nitrogen and oxygen atoms in total. The van der Waals surface area contributed by atoms with Crippen LogP contribution in [0, 0.1) is 0 Å². The molecule has 1 rings (SSSR count). The Morgan fingerprint density at radius 3 is 2.78 bits per heavy atom. The number of benzene rings is 1. The molecular weight excluding hydrogens is 316 g/mol. The lowest BCUT2D eigenvalue weighted by atomic mass is 10.1. The van der Waals surface area contributed by atoms with Crippen LogP contribution in [0.15, 0.2) is 22.7 Å². The van der Waals surface area contributed by atoms with Crippen LogP contribution in [-0.2, 0) is 4.74 Å². The van der Waals surface area contributed by atoms with Crippen LogP contribution in [-0.4, -0.2) is 38.3 Å². The van der Waals surface area contributed by atoms with Crippen molar-refractivity contribution in [1.82, 2.24) is 4.90 Å². The molecule has 0 aliphatic rings. The summed E-state index contributed by atoms with van der Waals surface area (Å²) in [6.07, 6.45) is 0. The largest absolute Gasteiger partial charge is 0.383 e. The minimum Gasteiger partial charge on any atom is -0.383 e. The Bertz CT molecular complexity index is 376. The Morgan fingerprint density at radius 2 is 2.22 bits per heavy atom. The van der Waals surface area contributed by atoms with Gasteiger partial charge < -0.3 is 10.5 Å². The molecule has 0 radical (unpaired) electrons. The summed E-state index contributed by atoms with van der Waals surface area (Å²) in [5, 5.41) is 0.754. The van der Waals surface area contributed by atoms with Crippen LogP contribution >= 0.6 is 27.5 Å². The lowest BCUT2D eigenvalue weighted by Crippen LogP contribution is -2.36. The van der Waals surface area contributed by atoms with Gasteiger partial charge in [0.1, 0.15) is 0 Å². The summed E-state index contributed by atoms with van der Waals surface area (Å²) in [5.41, 5.74) is 6.98. The monoisotopic (exact) mass is 334 g/mol. The third-order valence-electron chi connectivity index (χ3n) is 2.97. The van der Waals surface area contributed by atoms with Gasteiger partial charge in [-0.2, -0.15) is 0 Å². The molecule has 0 amide bonds. The predicted octanol–water partition coefficient (Wildman–Crippen LogP) is 3.07. The Labute approximate surface area is 122 Å². The van der Waals surface area contributed by atoms with E-state index in [2.05, 4.69) is 27.8 Å². The Hall–Kier alpha value is -0.130. The molecule has 0 spiro atoms. The molecule has 1 aromatic rings. The third-order valence-corrected chi connectivity index (χ3v) is 3.81. The van der Waals surface area contributed by atoms with E-state index < -0.39 is 0 Å². The molecule has 0 aliphatic carbocycles. The van der Waals surface area contributed by atoms with E-state index in [-0.39, 0.29) is 6.04 Å². The van der Waals surface area contributed by atoms with Crippen LogP contribution in [0.3, 0.4) is 0 Å². The highest BCUT2D eigenvalue weighted by molar-refractivity contribution is 9.10. The Morgan fingerprint density at radius 1 is 1.50 bits per heavy atom. The SMILES string of the molecule is CCN(CCOC)C(CN)c1cc(Br)ccc1Cl. The molecule has 1 unspecified atom stereocenters. The van der Waals surface area contributed by atoms with Gasteiger partial charge in [0.25, 0.3) is 0 Å². The quantitative estimate of drug-likeness (QED) is 0.832. The average Bonchev–Trinajstić information content (AvgIpc) is 2.38. The van der Waals surface area contributed by atoms with Crippen LogP contribution in [0.4, 0.5) is 0 Å². The van der Waals surface area contributed by atoms with Crippen LogP contribution < -0.4 is 5.73 Å². The number of nitrogens with two attached hydrogens (primary N) is 1. The van der Waals surface area contributed by atoms with Gasteiger partial charge in [-0.05, 0) is 30.3 Å². The highest BCUT2D eigenvalue weighted by Gasteiger charge is 2.20. The van der Waals surface area contributed by atoms with Gasteiger partial charge in [-0.3, -0.25) is 4.90 Å². The van der Waals surface area contributed by atoms with E-state index in [1.165, 1.54) is 0 Å². The predicted molar refractivity (Wildman–Crippen MR) is 80.1 cm³/mol. The van der Waals surface area contributed by atoms with E-state index in [1.807, 2.05) is 18.2 Å². The first-order valence-corrected chi connectivity index (χ1v) is 7.19. The summed E-state index contributed by atoms with van der Waals surface area (Å²) in [4.78, 5) is 2.27. The average molecular weight is 336 g/mol. The molecule has 0 fully saturated rings. The molecule has 1 atom stereocenters. The van der Waals surface area contributed by atoms with E-state index >= 15 is 0 Å². The zero-order chi connectivity index (χ0) is 13.5. The van der Waals surface area contributed by atoms with Crippen molar-refractivity contribution in [1.29, 1.82) is 0 Å². The zero-order valence-corrected chi connectivity index (χ0v) is 13.2. The summed E-state index contributed by atoms with van der Waals surface area (Å²) in [7, 11) is 1.71. The van der Waals surface area contributed by atoms with Gasteiger partial charge in [0, 0.05) is 35.7 Å². The Balaban J connectivity index is 2.95. The van der Waals surface area contributed by atoms with Gasteiger partial charge in [0.2, 0.25) is 0 Å². The topological polar surface area (TPSA) is 38.5 Å². The van der Waals surface area contributed by atoms with Gasteiger partial charge in [-0.25, -0.2) is 0 Å². The highest BCUT2D eigenvalue weighted by Crippen LogP contribution is 2.29. The van der Waals surface area contributed by atoms with E-state index in [1.54, 1.807) is 7.11 Å². The van der Waals surface area contributed by atoms with Crippen molar-refractivity contribution in [2.75, 3.05) is 33.4 Å². The maximum absolute atomic E-state index is 6.27. The highest BCUT2D eigenvalue weighted by atomic mass is 79.9. The standard InChI is InChI=1S/C13H20BrClN2O/c1-3-17(6-7-18-2)13(9-16)11-8-10(14)4-5-12(11)15/h4-5,8,13H,3,6-7,9,16H2,1-2H3. The van der Waals surface area contributed by atoms with Crippen LogP contribution in [0.25, 0.3) is 0 Å². The van der Waals surface area contributed by atoms with Gasteiger partial charge in [0.15, 0.2) is 0 Å². The fourth-order valence-electron chi connectivity index (χ4n) is 1.99. The van der Waals surface area contributed by atoms with E-state index in [0.29, 0.717) is 13.2 Å². The zero-order valence-electron chi connectivity index (χ0n) is 10.8. The number of methoxy groups -OCH3 is 1. The first-order chi connectivity index (χ1) is 8.63. The van der Waals surface area contributed by atoms with Crippen molar-refractivity contribution in [2.45, 2.75) is 13.0 Å². The van der Waals surface area contributed by atoms with Gasteiger partial charge in [-0.15, -0.1) is 0 Å². The summed E-state index contributed by atoms with van der Waals surface area (Å²) in [6.45, 7) is 5.10. The fourth-order valence-corrected chi connectivity index (χ4v) is 2.61. The number of hydrogen-bond donors (Lipinski definition) is 1. The molecule has 0 heterocycles. The number of rotatable bonds is 7. The van der Waals surface area contributed by atoms with Gasteiger partial charge >= 0.3 is 0 Å². The third kappa shape index (κ3) is 4.21. The smallest absolute Gasteiger partial charge is 0.0589 e. The van der Waals surface area contributed by atoms with Crippen molar-refractivity contribution >= 4 is 27.5 Å². The van der Waals surface area contributed by atoms with Crippen LogP contribution in [0.1, 0.15) is 18.5 Å². The number of halogens is 2. The maximum atomic E-state index is 6.27. The minimum absolute atomic E-state index is 0.121. The molecule has 1 aromatic carbocycles. The minimum atomic E-state index is 0.121. The van der Waals surface area contributed by atoms with Crippen molar-refractivity contribution in [3.63, 3.8) is 0 Å². The van der Waals surface area contributed by atoms with Gasteiger partial charge in [-0.1, -0.05) is 34.5 Å². The molecule has 0 saturated carbocycles. The molecule has 0 saturated heterocycles. The number of hydrogen-bond acceptors (Lipinski definition) is 3. The number of likely N-dealkylation sites (N-methyl/N-ethyl adjacent to an activating group) is 1. The second-order valence-corrected chi connectivity index (χ2v) is 5.36. The number of ether oxygens (including phenoxy) is 1. The van der Waals surface area contributed by atoms with E-state index in [4.69, 9.17) is 22.1 Å². The Kier molecular flexibility index (Phi) is 7.19. The fraction of sp³-hybridized carbons (Fsp3) is 0.538. The molecule has 102 valence electrons. The molecule has 2 N–H and O–H groups in total. The second-order valence-electron chi connectivity index (χ2n) is 4.04. The molecule has 0 aliphatic heterocycles. The van der Waals surface area contributed by atoms with E-state index in [9.17, 15) is 0 Å². The summed E-state index contributed by atoms with van der Waals surface area (Å²) in [5.74, 6) is 0. The van der Waals surface area contributed by atoms with Crippen molar-refractivity contribution < 1.29 is 4.74 Å².